The molecule has 6 heteroatoms. The van der Waals surface area contributed by atoms with Crippen molar-refractivity contribution < 1.29 is 9.59 Å². The SMILES string of the molecule is N#CNC(=O)c1ccccc1C(=O)NC#N. The molecule has 0 spiro atoms. The van der Waals surface area contributed by atoms with Crippen LogP contribution in [0.4, 0.5) is 0 Å². The number of nitrogens with one attached hydrogen (secondary N) is 2. The van der Waals surface area contributed by atoms with Crippen molar-refractivity contribution in [1.29, 1.82) is 10.5 Å². The predicted octanol–water partition coefficient (Wildman–Crippen LogP) is 0.108. The summed E-state index contributed by atoms with van der Waals surface area (Å²) in [7, 11) is 0. The lowest BCUT2D eigenvalue weighted by atomic mass is 10.1. The molecule has 0 fully saturated rings. The minimum Gasteiger partial charge on any atom is -0.268 e. The van der Waals surface area contributed by atoms with Crippen LogP contribution in [0.25, 0.3) is 0 Å². The molecule has 2 N–H and O–H groups in total. The molecule has 0 aliphatic rings. The normalized spacial score (nSPS) is 8.38. The molecule has 0 unspecified atom stereocenters. The summed E-state index contributed by atoms with van der Waals surface area (Å²) in [5, 5.41) is 20.4. The van der Waals surface area contributed by atoms with Gasteiger partial charge in [-0.05, 0) is 12.1 Å². The van der Waals surface area contributed by atoms with E-state index in [1.807, 2.05) is 10.6 Å². The molecule has 0 radical (unpaired) electrons. The van der Waals surface area contributed by atoms with Crippen LogP contribution in [0, 0.1) is 22.9 Å². The Balaban J connectivity index is 3.12. The molecule has 0 aromatic heterocycles. The van der Waals surface area contributed by atoms with Crippen molar-refractivity contribution in [1.82, 2.24) is 10.6 Å². The van der Waals surface area contributed by atoms with Gasteiger partial charge in [0, 0.05) is 0 Å². The van der Waals surface area contributed by atoms with E-state index in [0.717, 1.165) is 0 Å². The minimum atomic E-state index is -0.689. The summed E-state index contributed by atoms with van der Waals surface area (Å²) in [6.45, 7) is 0. The van der Waals surface area contributed by atoms with Crippen molar-refractivity contribution in [3.05, 3.63) is 35.4 Å². The van der Waals surface area contributed by atoms with Gasteiger partial charge in [-0.3, -0.25) is 20.2 Å². The largest absolute Gasteiger partial charge is 0.268 e. The molecular formula is C10H6N4O2. The lowest BCUT2D eigenvalue weighted by Gasteiger charge is -2.04. The van der Waals surface area contributed by atoms with Gasteiger partial charge in [-0.15, -0.1) is 0 Å². The molecule has 6 nitrogen and oxygen atoms in total. The number of nitrogens with zero attached hydrogens (tertiary/aromatic N) is 2. The molecule has 0 bridgehead atoms. The second-order valence-corrected chi connectivity index (χ2v) is 2.68. The van der Waals surface area contributed by atoms with Crippen molar-refractivity contribution in [2.75, 3.05) is 0 Å². The first-order valence-corrected chi connectivity index (χ1v) is 4.18. The van der Waals surface area contributed by atoms with Crippen molar-refractivity contribution in [3.8, 4) is 12.4 Å². The van der Waals surface area contributed by atoms with Crippen LogP contribution in [0.3, 0.4) is 0 Å². The van der Waals surface area contributed by atoms with Crippen LogP contribution in [0.15, 0.2) is 24.3 Å². The molecule has 1 rings (SSSR count). The van der Waals surface area contributed by atoms with Crippen LogP contribution in [0.2, 0.25) is 0 Å². The monoisotopic (exact) mass is 214 g/mol. The van der Waals surface area contributed by atoms with Crippen LogP contribution < -0.4 is 10.6 Å². The third kappa shape index (κ3) is 2.34. The molecule has 0 saturated heterocycles. The average Bonchev–Trinajstić information content (AvgIpc) is 2.30. The van der Waals surface area contributed by atoms with E-state index < -0.39 is 11.8 Å². The summed E-state index contributed by atoms with van der Waals surface area (Å²) in [4.78, 5) is 22.8. The molecule has 1 aromatic carbocycles. The predicted molar refractivity (Wildman–Crippen MR) is 52.6 cm³/mol. The summed E-state index contributed by atoms with van der Waals surface area (Å²) in [5.41, 5.74) is 0.0774. The summed E-state index contributed by atoms with van der Waals surface area (Å²) < 4.78 is 0. The van der Waals surface area contributed by atoms with E-state index >= 15 is 0 Å². The van der Waals surface area contributed by atoms with E-state index in [4.69, 9.17) is 10.5 Å². The maximum Gasteiger partial charge on any atom is 0.265 e. The molecule has 0 saturated carbocycles. The molecule has 0 aliphatic carbocycles. The Hall–Kier alpha value is -2.86. The lowest BCUT2D eigenvalue weighted by molar-refractivity contribution is 0.0939. The van der Waals surface area contributed by atoms with Gasteiger partial charge in [-0.2, -0.15) is 10.5 Å². The van der Waals surface area contributed by atoms with Gasteiger partial charge in [-0.25, -0.2) is 0 Å². The summed E-state index contributed by atoms with van der Waals surface area (Å²) >= 11 is 0. The van der Waals surface area contributed by atoms with Gasteiger partial charge in [0.05, 0.1) is 11.1 Å². The van der Waals surface area contributed by atoms with Gasteiger partial charge in [0.15, 0.2) is 12.4 Å². The Bertz CT molecular complexity index is 463. The molecular weight excluding hydrogens is 208 g/mol. The average molecular weight is 214 g/mol. The summed E-state index contributed by atoms with van der Waals surface area (Å²) in [6, 6.07) is 5.88. The number of amides is 2. The maximum atomic E-state index is 11.4. The van der Waals surface area contributed by atoms with Crippen molar-refractivity contribution in [2.24, 2.45) is 0 Å². The Morgan fingerprint density at radius 3 is 1.62 bits per heavy atom. The number of hydrogen-bond donors (Lipinski definition) is 2. The highest BCUT2D eigenvalue weighted by Gasteiger charge is 2.15. The molecule has 78 valence electrons. The van der Waals surface area contributed by atoms with Crippen LogP contribution in [-0.2, 0) is 0 Å². The first-order chi connectivity index (χ1) is 7.70. The number of rotatable bonds is 2. The number of nitriles is 2. The Kier molecular flexibility index (Phi) is 3.59. The number of hydrogen-bond acceptors (Lipinski definition) is 4. The van der Waals surface area contributed by atoms with Crippen LogP contribution in [0.1, 0.15) is 20.7 Å². The fourth-order valence-corrected chi connectivity index (χ4v) is 1.12. The van der Waals surface area contributed by atoms with Crippen LogP contribution >= 0.6 is 0 Å². The van der Waals surface area contributed by atoms with E-state index in [0.29, 0.717) is 0 Å². The van der Waals surface area contributed by atoms with Gasteiger partial charge in [0.25, 0.3) is 11.8 Å². The Morgan fingerprint density at radius 2 is 1.31 bits per heavy atom. The quantitative estimate of drug-likeness (QED) is 0.538. The van der Waals surface area contributed by atoms with Gasteiger partial charge < -0.3 is 0 Å². The van der Waals surface area contributed by atoms with Crippen molar-refractivity contribution in [3.63, 3.8) is 0 Å². The van der Waals surface area contributed by atoms with E-state index in [1.54, 1.807) is 12.1 Å². The highest BCUT2D eigenvalue weighted by Crippen LogP contribution is 2.08. The van der Waals surface area contributed by atoms with Gasteiger partial charge in [-0.1, -0.05) is 12.1 Å². The minimum absolute atomic E-state index is 0.0387. The molecule has 16 heavy (non-hydrogen) atoms. The topological polar surface area (TPSA) is 106 Å². The number of carbonyl (C=O) groups is 2. The first-order valence-electron chi connectivity index (χ1n) is 4.18. The van der Waals surface area contributed by atoms with Crippen LogP contribution in [-0.4, -0.2) is 11.8 Å². The summed E-state index contributed by atoms with van der Waals surface area (Å²) in [6.07, 6.45) is 2.94. The highest BCUT2D eigenvalue weighted by atomic mass is 16.2. The number of benzene rings is 1. The fourth-order valence-electron chi connectivity index (χ4n) is 1.12. The zero-order chi connectivity index (χ0) is 12.0. The van der Waals surface area contributed by atoms with E-state index in [-0.39, 0.29) is 11.1 Å². The van der Waals surface area contributed by atoms with Gasteiger partial charge in [0.2, 0.25) is 0 Å². The highest BCUT2D eigenvalue weighted by molar-refractivity contribution is 6.07. The third-order valence-electron chi connectivity index (χ3n) is 1.76. The molecule has 0 heterocycles. The molecule has 0 atom stereocenters. The van der Waals surface area contributed by atoms with E-state index in [1.165, 1.54) is 24.5 Å². The Labute approximate surface area is 91.1 Å². The zero-order valence-electron chi connectivity index (χ0n) is 8.02. The van der Waals surface area contributed by atoms with Crippen molar-refractivity contribution in [2.45, 2.75) is 0 Å². The second kappa shape index (κ2) is 5.13. The van der Waals surface area contributed by atoms with Crippen LogP contribution in [0.5, 0.6) is 0 Å². The van der Waals surface area contributed by atoms with Gasteiger partial charge in [0.1, 0.15) is 0 Å². The second-order valence-electron chi connectivity index (χ2n) is 2.68. The molecule has 0 aliphatic heterocycles. The first kappa shape index (κ1) is 11.2. The zero-order valence-corrected chi connectivity index (χ0v) is 8.02. The van der Waals surface area contributed by atoms with Gasteiger partial charge >= 0.3 is 0 Å². The van der Waals surface area contributed by atoms with E-state index in [2.05, 4.69) is 0 Å². The summed E-state index contributed by atoms with van der Waals surface area (Å²) in [5.74, 6) is -1.38. The maximum absolute atomic E-state index is 11.4. The standard InChI is InChI=1S/C10H6N4O2/c11-5-13-9(15)7-3-1-2-4-8(7)10(16)14-6-12/h1-4H,(H,13,15)(H,14,16). The van der Waals surface area contributed by atoms with E-state index in [9.17, 15) is 9.59 Å². The van der Waals surface area contributed by atoms with Crippen molar-refractivity contribution >= 4 is 11.8 Å². The third-order valence-corrected chi connectivity index (χ3v) is 1.76. The molecule has 1 aromatic rings. The molecule has 2 amide bonds. The smallest absolute Gasteiger partial charge is 0.265 e. The fraction of sp³-hybridized carbons (Fsp3) is 0. The lowest BCUT2D eigenvalue weighted by Crippen LogP contribution is -2.25. The Morgan fingerprint density at radius 1 is 0.938 bits per heavy atom. The number of carbonyl (C=O) groups excluding carboxylic acids is 2.